The van der Waals surface area contributed by atoms with Gasteiger partial charge in [0.05, 0.1) is 11.9 Å². The number of nitrogens with zero attached hydrogens (tertiary/aromatic N) is 2. The van der Waals surface area contributed by atoms with Crippen LogP contribution in [0.15, 0.2) is 42.5 Å². The number of rotatable bonds is 12. The van der Waals surface area contributed by atoms with E-state index in [4.69, 9.17) is 11.6 Å². The van der Waals surface area contributed by atoms with Gasteiger partial charge >= 0.3 is 0 Å². The van der Waals surface area contributed by atoms with E-state index in [1.807, 2.05) is 6.92 Å². The Balaban J connectivity index is 2.41. The van der Waals surface area contributed by atoms with Gasteiger partial charge in [-0.1, -0.05) is 50.1 Å². The molecule has 0 aliphatic heterocycles. The van der Waals surface area contributed by atoms with Gasteiger partial charge in [-0.05, 0) is 55.2 Å². The molecule has 2 aromatic carbocycles. The van der Waals surface area contributed by atoms with Crippen molar-refractivity contribution in [2.24, 2.45) is 0 Å². The second-order valence-electron chi connectivity index (χ2n) is 8.42. The van der Waals surface area contributed by atoms with Crippen LogP contribution in [-0.4, -0.2) is 50.5 Å². The maximum atomic E-state index is 13.6. The number of hydrogen-bond donors (Lipinski definition) is 1. The standard InChI is InChI=1S/C25H33ClFN3O4S/c1-5-7-14-28-25(32)23(6-2)29(16-19-9-11-20(27)12-10-19)24(31)17-30(35(4,33)34)21-13-8-18(3)22(26)15-21/h8-13,15,23H,5-7,14,16-17H2,1-4H3,(H,28,32). The van der Waals surface area contributed by atoms with Crippen molar-refractivity contribution in [3.8, 4) is 0 Å². The van der Waals surface area contributed by atoms with Crippen LogP contribution in [0.4, 0.5) is 10.1 Å². The molecule has 7 nitrogen and oxygen atoms in total. The van der Waals surface area contributed by atoms with Crippen molar-refractivity contribution in [2.45, 2.75) is 52.6 Å². The Bertz CT molecular complexity index is 1130. The van der Waals surface area contributed by atoms with Crippen molar-refractivity contribution in [1.82, 2.24) is 10.2 Å². The largest absolute Gasteiger partial charge is 0.354 e. The molecule has 1 atom stereocenters. The Labute approximate surface area is 212 Å². The Morgan fingerprint density at radius 3 is 2.31 bits per heavy atom. The smallest absolute Gasteiger partial charge is 0.244 e. The lowest BCUT2D eigenvalue weighted by Crippen LogP contribution is -2.52. The van der Waals surface area contributed by atoms with E-state index in [1.54, 1.807) is 26.0 Å². The first-order chi connectivity index (χ1) is 16.5. The summed E-state index contributed by atoms with van der Waals surface area (Å²) in [6.45, 7) is 5.55. The summed E-state index contributed by atoms with van der Waals surface area (Å²) >= 11 is 6.20. The number of carbonyl (C=O) groups is 2. The minimum absolute atomic E-state index is 0.0189. The molecule has 1 N–H and O–H groups in total. The normalized spacial score (nSPS) is 12.2. The van der Waals surface area contributed by atoms with Crippen molar-refractivity contribution in [3.63, 3.8) is 0 Å². The molecule has 2 amide bonds. The summed E-state index contributed by atoms with van der Waals surface area (Å²) in [5, 5.41) is 3.22. The molecule has 192 valence electrons. The number of hydrogen-bond acceptors (Lipinski definition) is 4. The van der Waals surface area contributed by atoms with Gasteiger partial charge in [0.15, 0.2) is 0 Å². The predicted octanol–water partition coefficient (Wildman–Crippen LogP) is 4.28. The number of benzene rings is 2. The summed E-state index contributed by atoms with van der Waals surface area (Å²) in [4.78, 5) is 27.9. The average molecular weight is 526 g/mol. The molecule has 2 aromatic rings. The van der Waals surface area contributed by atoms with Crippen LogP contribution in [0.25, 0.3) is 0 Å². The molecule has 0 heterocycles. The molecule has 0 aromatic heterocycles. The Kier molecular flexibility index (Phi) is 10.5. The molecule has 1 unspecified atom stereocenters. The lowest BCUT2D eigenvalue weighted by molar-refractivity contribution is -0.140. The summed E-state index contributed by atoms with van der Waals surface area (Å²) in [6, 6.07) is 9.53. The fraction of sp³-hybridized carbons (Fsp3) is 0.440. The lowest BCUT2D eigenvalue weighted by atomic mass is 10.1. The van der Waals surface area contributed by atoms with Gasteiger partial charge in [0.1, 0.15) is 18.4 Å². The first kappa shape index (κ1) is 28.6. The van der Waals surface area contributed by atoms with E-state index in [-0.39, 0.29) is 18.1 Å². The van der Waals surface area contributed by atoms with E-state index in [2.05, 4.69) is 5.32 Å². The molecule has 10 heteroatoms. The molecular formula is C25H33ClFN3O4S. The zero-order chi connectivity index (χ0) is 26.2. The third-order valence-electron chi connectivity index (χ3n) is 5.60. The Morgan fingerprint density at radius 1 is 1.11 bits per heavy atom. The fourth-order valence-corrected chi connectivity index (χ4v) is 4.58. The molecule has 0 bridgehead atoms. The highest BCUT2D eigenvalue weighted by Gasteiger charge is 2.31. The van der Waals surface area contributed by atoms with Crippen LogP contribution in [0, 0.1) is 12.7 Å². The first-order valence-corrected chi connectivity index (χ1v) is 13.8. The average Bonchev–Trinajstić information content (AvgIpc) is 2.80. The Morgan fingerprint density at radius 2 is 1.77 bits per heavy atom. The van der Waals surface area contributed by atoms with E-state index >= 15 is 0 Å². The zero-order valence-corrected chi connectivity index (χ0v) is 22.1. The van der Waals surface area contributed by atoms with Crippen LogP contribution in [0.1, 0.15) is 44.2 Å². The summed E-state index contributed by atoms with van der Waals surface area (Å²) in [7, 11) is -3.85. The predicted molar refractivity (Wildman–Crippen MR) is 137 cm³/mol. The third kappa shape index (κ3) is 8.21. The molecule has 0 aliphatic rings. The van der Waals surface area contributed by atoms with Gasteiger partial charge < -0.3 is 10.2 Å². The van der Waals surface area contributed by atoms with Crippen molar-refractivity contribution in [3.05, 3.63) is 64.4 Å². The molecule has 0 aliphatic carbocycles. The number of aryl methyl sites for hydroxylation is 1. The first-order valence-electron chi connectivity index (χ1n) is 11.5. The van der Waals surface area contributed by atoms with Crippen molar-refractivity contribution < 1.29 is 22.4 Å². The van der Waals surface area contributed by atoms with Gasteiger partial charge in [-0.25, -0.2) is 12.8 Å². The SMILES string of the molecule is CCCCNC(=O)C(CC)N(Cc1ccc(F)cc1)C(=O)CN(c1ccc(C)c(Cl)c1)S(C)(=O)=O. The molecule has 35 heavy (non-hydrogen) atoms. The number of nitrogens with one attached hydrogen (secondary N) is 1. The summed E-state index contributed by atoms with van der Waals surface area (Å²) < 4.78 is 39.6. The highest BCUT2D eigenvalue weighted by Crippen LogP contribution is 2.25. The lowest BCUT2D eigenvalue weighted by Gasteiger charge is -2.33. The highest BCUT2D eigenvalue weighted by molar-refractivity contribution is 7.92. The summed E-state index contributed by atoms with van der Waals surface area (Å²) in [6.07, 6.45) is 3.02. The maximum Gasteiger partial charge on any atom is 0.244 e. The molecule has 0 saturated heterocycles. The number of carbonyl (C=O) groups excluding carboxylic acids is 2. The van der Waals surface area contributed by atoms with Crippen LogP contribution >= 0.6 is 11.6 Å². The monoisotopic (exact) mass is 525 g/mol. The number of anilines is 1. The quantitative estimate of drug-likeness (QED) is 0.419. The maximum absolute atomic E-state index is 13.6. The van der Waals surface area contributed by atoms with Gasteiger partial charge in [-0.3, -0.25) is 13.9 Å². The van der Waals surface area contributed by atoms with E-state index in [0.717, 1.165) is 29.0 Å². The number of halogens is 2. The molecule has 0 fully saturated rings. The summed E-state index contributed by atoms with van der Waals surface area (Å²) in [5.41, 5.74) is 1.63. The minimum atomic E-state index is -3.85. The number of amides is 2. The number of sulfonamides is 1. The van der Waals surface area contributed by atoms with Gasteiger partial charge in [-0.2, -0.15) is 0 Å². The fourth-order valence-electron chi connectivity index (χ4n) is 3.56. The van der Waals surface area contributed by atoms with E-state index < -0.39 is 34.3 Å². The van der Waals surface area contributed by atoms with Crippen LogP contribution in [0.5, 0.6) is 0 Å². The van der Waals surface area contributed by atoms with E-state index in [0.29, 0.717) is 23.6 Å². The number of unbranched alkanes of at least 4 members (excludes halogenated alkanes) is 1. The van der Waals surface area contributed by atoms with E-state index in [1.165, 1.54) is 35.2 Å². The summed E-state index contributed by atoms with van der Waals surface area (Å²) in [5.74, 6) is -1.30. The highest BCUT2D eigenvalue weighted by atomic mass is 35.5. The molecule has 0 radical (unpaired) electrons. The molecule has 0 spiro atoms. The molecule has 0 saturated carbocycles. The van der Waals surface area contributed by atoms with Gasteiger partial charge in [-0.15, -0.1) is 0 Å². The second-order valence-corrected chi connectivity index (χ2v) is 10.7. The van der Waals surface area contributed by atoms with Crippen LogP contribution in [0.3, 0.4) is 0 Å². The van der Waals surface area contributed by atoms with Crippen molar-refractivity contribution >= 4 is 39.1 Å². The second kappa shape index (κ2) is 12.9. The van der Waals surface area contributed by atoms with Crippen molar-refractivity contribution in [1.29, 1.82) is 0 Å². The molecular weight excluding hydrogens is 493 g/mol. The molecule has 2 rings (SSSR count). The van der Waals surface area contributed by atoms with Crippen molar-refractivity contribution in [2.75, 3.05) is 23.7 Å². The topological polar surface area (TPSA) is 86.8 Å². The third-order valence-corrected chi connectivity index (χ3v) is 7.15. The zero-order valence-electron chi connectivity index (χ0n) is 20.6. The van der Waals surface area contributed by atoms with Gasteiger partial charge in [0.25, 0.3) is 0 Å². The van der Waals surface area contributed by atoms with Gasteiger partial charge in [0, 0.05) is 18.1 Å². The van der Waals surface area contributed by atoms with Crippen LogP contribution in [0.2, 0.25) is 5.02 Å². The van der Waals surface area contributed by atoms with E-state index in [9.17, 15) is 22.4 Å². The van der Waals surface area contributed by atoms with Gasteiger partial charge in [0.2, 0.25) is 21.8 Å². The minimum Gasteiger partial charge on any atom is -0.354 e. The van der Waals surface area contributed by atoms with Crippen LogP contribution in [-0.2, 0) is 26.2 Å². The Hall–Kier alpha value is -2.65. The van der Waals surface area contributed by atoms with Crippen LogP contribution < -0.4 is 9.62 Å².